The second-order valence-corrected chi connectivity index (χ2v) is 4.78. The van der Waals surface area contributed by atoms with Crippen molar-refractivity contribution in [1.82, 2.24) is 0 Å². The third kappa shape index (κ3) is 1.46. The zero-order valence-electron chi connectivity index (χ0n) is 9.06. The molecular formula is C13H14N2O. The first-order valence-electron chi connectivity index (χ1n) is 5.70. The summed E-state index contributed by atoms with van der Waals surface area (Å²) in [6.07, 6.45) is 1.37. The van der Waals surface area contributed by atoms with Gasteiger partial charge in [-0.2, -0.15) is 5.26 Å². The van der Waals surface area contributed by atoms with E-state index in [1.807, 2.05) is 12.1 Å². The molecule has 0 spiro atoms. The SMILES string of the molecule is N#Cc1cc(CO)ccc1N1CC2CC2C1. The number of fused-ring (bicyclic) bond motifs is 1. The molecule has 1 aromatic rings. The van der Waals surface area contributed by atoms with Crippen LogP contribution in [0.5, 0.6) is 0 Å². The first-order chi connectivity index (χ1) is 7.81. The largest absolute Gasteiger partial charge is 0.392 e. The van der Waals surface area contributed by atoms with Crippen molar-refractivity contribution in [3.8, 4) is 6.07 Å². The molecule has 1 aliphatic carbocycles. The molecule has 3 nitrogen and oxygen atoms in total. The van der Waals surface area contributed by atoms with Gasteiger partial charge < -0.3 is 10.0 Å². The first-order valence-corrected chi connectivity index (χ1v) is 5.70. The van der Waals surface area contributed by atoms with Gasteiger partial charge in [-0.25, -0.2) is 0 Å². The van der Waals surface area contributed by atoms with Gasteiger partial charge in [-0.1, -0.05) is 6.07 Å². The fourth-order valence-electron chi connectivity index (χ4n) is 2.64. The Morgan fingerprint density at radius 2 is 2.12 bits per heavy atom. The number of benzene rings is 1. The van der Waals surface area contributed by atoms with E-state index in [2.05, 4.69) is 11.0 Å². The Labute approximate surface area is 94.9 Å². The van der Waals surface area contributed by atoms with Crippen LogP contribution in [-0.2, 0) is 6.61 Å². The molecule has 1 heterocycles. The van der Waals surface area contributed by atoms with Crippen molar-refractivity contribution in [3.63, 3.8) is 0 Å². The van der Waals surface area contributed by atoms with E-state index in [4.69, 9.17) is 10.4 Å². The number of rotatable bonds is 2. The molecule has 0 bridgehead atoms. The van der Waals surface area contributed by atoms with Gasteiger partial charge in [-0.3, -0.25) is 0 Å². The molecule has 0 aromatic heterocycles. The van der Waals surface area contributed by atoms with Crippen molar-refractivity contribution < 1.29 is 5.11 Å². The molecule has 1 aromatic carbocycles. The normalized spacial score (nSPS) is 26.4. The maximum absolute atomic E-state index is 9.12. The summed E-state index contributed by atoms with van der Waals surface area (Å²) < 4.78 is 0. The zero-order valence-corrected chi connectivity index (χ0v) is 9.06. The Balaban J connectivity index is 1.91. The van der Waals surface area contributed by atoms with Crippen LogP contribution in [0.25, 0.3) is 0 Å². The molecule has 0 radical (unpaired) electrons. The van der Waals surface area contributed by atoms with Crippen molar-refractivity contribution in [2.45, 2.75) is 13.0 Å². The highest BCUT2D eigenvalue weighted by molar-refractivity contribution is 5.61. The number of nitrogens with zero attached hydrogens (tertiary/aromatic N) is 2. The molecular weight excluding hydrogens is 200 g/mol. The average Bonchev–Trinajstić information content (AvgIpc) is 2.95. The third-order valence-electron chi connectivity index (χ3n) is 3.68. The molecule has 82 valence electrons. The van der Waals surface area contributed by atoms with Crippen LogP contribution in [0.4, 0.5) is 5.69 Å². The molecule has 2 aliphatic rings. The van der Waals surface area contributed by atoms with Crippen LogP contribution >= 0.6 is 0 Å². The minimum absolute atomic E-state index is 0.000208. The van der Waals surface area contributed by atoms with Gasteiger partial charge in [-0.15, -0.1) is 0 Å². The smallest absolute Gasteiger partial charge is 0.101 e. The molecule has 1 saturated heterocycles. The molecule has 3 rings (SSSR count). The molecule has 1 N–H and O–H groups in total. The lowest BCUT2D eigenvalue weighted by atomic mass is 10.1. The molecule has 2 unspecified atom stereocenters. The number of aliphatic hydroxyl groups is 1. The van der Waals surface area contributed by atoms with E-state index >= 15 is 0 Å². The van der Waals surface area contributed by atoms with Crippen LogP contribution in [0.2, 0.25) is 0 Å². The zero-order chi connectivity index (χ0) is 11.1. The molecule has 2 atom stereocenters. The quantitative estimate of drug-likeness (QED) is 0.811. The Morgan fingerprint density at radius 1 is 1.38 bits per heavy atom. The summed E-state index contributed by atoms with van der Waals surface area (Å²) >= 11 is 0. The summed E-state index contributed by atoms with van der Waals surface area (Å²) in [5.74, 6) is 1.73. The third-order valence-corrected chi connectivity index (χ3v) is 3.68. The van der Waals surface area contributed by atoms with E-state index in [1.54, 1.807) is 6.07 Å². The second-order valence-electron chi connectivity index (χ2n) is 4.78. The van der Waals surface area contributed by atoms with Crippen molar-refractivity contribution in [1.29, 1.82) is 5.26 Å². The molecule has 16 heavy (non-hydrogen) atoms. The van der Waals surface area contributed by atoms with E-state index in [9.17, 15) is 0 Å². The van der Waals surface area contributed by atoms with Gasteiger partial charge in [0, 0.05) is 13.1 Å². The fourth-order valence-corrected chi connectivity index (χ4v) is 2.64. The van der Waals surface area contributed by atoms with E-state index in [0.29, 0.717) is 5.56 Å². The highest BCUT2D eigenvalue weighted by atomic mass is 16.3. The van der Waals surface area contributed by atoms with Gasteiger partial charge in [0.1, 0.15) is 6.07 Å². The average molecular weight is 214 g/mol. The van der Waals surface area contributed by atoms with Crippen LogP contribution in [0.3, 0.4) is 0 Å². The summed E-state index contributed by atoms with van der Waals surface area (Å²) in [5.41, 5.74) is 2.53. The van der Waals surface area contributed by atoms with E-state index in [0.717, 1.165) is 36.2 Å². The van der Waals surface area contributed by atoms with Crippen molar-refractivity contribution in [2.24, 2.45) is 11.8 Å². The fraction of sp³-hybridized carbons (Fsp3) is 0.462. The number of hydrogen-bond acceptors (Lipinski definition) is 3. The number of hydrogen-bond donors (Lipinski definition) is 1. The number of nitriles is 1. The Hall–Kier alpha value is -1.53. The van der Waals surface area contributed by atoms with Gasteiger partial charge in [0.2, 0.25) is 0 Å². The maximum atomic E-state index is 9.12. The lowest BCUT2D eigenvalue weighted by molar-refractivity contribution is 0.282. The number of aliphatic hydroxyl groups excluding tert-OH is 1. The molecule has 3 heteroatoms. The predicted molar refractivity (Wildman–Crippen MR) is 60.9 cm³/mol. The molecule has 0 amide bonds. The van der Waals surface area contributed by atoms with Crippen molar-refractivity contribution in [2.75, 3.05) is 18.0 Å². The van der Waals surface area contributed by atoms with Crippen molar-refractivity contribution in [3.05, 3.63) is 29.3 Å². The number of anilines is 1. The summed E-state index contributed by atoms with van der Waals surface area (Å²) in [6.45, 7) is 2.19. The van der Waals surface area contributed by atoms with Crippen LogP contribution < -0.4 is 4.90 Å². The lowest BCUT2D eigenvalue weighted by Crippen LogP contribution is -2.22. The second kappa shape index (κ2) is 3.50. The molecule has 2 fully saturated rings. The lowest BCUT2D eigenvalue weighted by Gasteiger charge is -2.21. The summed E-state index contributed by atoms with van der Waals surface area (Å²) in [7, 11) is 0. The standard InChI is InChI=1S/C13H14N2O/c14-5-10-3-9(8-16)1-2-13(10)15-6-11-4-12(11)7-15/h1-3,11-12,16H,4,6-8H2. The highest BCUT2D eigenvalue weighted by Gasteiger charge is 2.45. The minimum atomic E-state index is 0.000208. The van der Waals surface area contributed by atoms with Crippen LogP contribution in [0, 0.1) is 23.2 Å². The van der Waals surface area contributed by atoms with Gasteiger partial charge >= 0.3 is 0 Å². The Kier molecular flexibility index (Phi) is 2.12. The topological polar surface area (TPSA) is 47.3 Å². The van der Waals surface area contributed by atoms with Gasteiger partial charge in [0.05, 0.1) is 17.9 Å². The van der Waals surface area contributed by atoms with Crippen molar-refractivity contribution >= 4 is 5.69 Å². The maximum Gasteiger partial charge on any atom is 0.101 e. The molecule has 1 saturated carbocycles. The summed E-state index contributed by atoms with van der Waals surface area (Å²) in [5, 5.41) is 18.2. The Morgan fingerprint density at radius 3 is 2.75 bits per heavy atom. The van der Waals surface area contributed by atoms with E-state index in [-0.39, 0.29) is 6.61 Å². The van der Waals surface area contributed by atoms with Crippen LogP contribution in [0.1, 0.15) is 17.5 Å². The van der Waals surface area contributed by atoms with Crippen LogP contribution in [0.15, 0.2) is 18.2 Å². The minimum Gasteiger partial charge on any atom is -0.392 e. The number of piperidine rings is 1. The van der Waals surface area contributed by atoms with E-state index in [1.165, 1.54) is 6.42 Å². The first kappa shape index (κ1) is 9.68. The highest BCUT2D eigenvalue weighted by Crippen LogP contribution is 2.46. The van der Waals surface area contributed by atoms with Gasteiger partial charge in [0.25, 0.3) is 0 Å². The monoisotopic (exact) mass is 214 g/mol. The summed E-state index contributed by atoms with van der Waals surface area (Å²) in [4.78, 5) is 2.30. The predicted octanol–water partition coefficient (Wildman–Crippen LogP) is 1.51. The Bertz CT molecular complexity index is 453. The van der Waals surface area contributed by atoms with Gasteiger partial charge in [0.15, 0.2) is 0 Å². The van der Waals surface area contributed by atoms with Crippen LogP contribution in [-0.4, -0.2) is 18.2 Å². The molecule has 1 aliphatic heterocycles. The summed E-state index contributed by atoms with van der Waals surface area (Å²) in [6, 6.07) is 7.89. The van der Waals surface area contributed by atoms with Gasteiger partial charge in [-0.05, 0) is 36.0 Å². The van der Waals surface area contributed by atoms with E-state index < -0.39 is 0 Å².